The zero-order valence-electron chi connectivity index (χ0n) is 12.3. The highest BCUT2D eigenvalue weighted by molar-refractivity contribution is 5.14. The third kappa shape index (κ3) is 4.32. The SMILES string of the molecule is CCN(Cc1ccccc1)CC1CC(C)CCC1O. The summed E-state index contributed by atoms with van der Waals surface area (Å²) in [6, 6.07) is 10.6. The molecule has 0 radical (unpaired) electrons. The number of hydrogen-bond donors (Lipinski definition) is 1. The van der Waals surface area contributed by atoms with Gasteiger partial charge in [0.25, 0.3) is 0 Å². The van der Waals surface area contributed by atoms with Crippen LogP contribution in [0.3, 0.4) is 0 Å². The average molecular weight is 261 g/mol. The van der Waals surface area contributed by atoms with Gasteiger partial charge in [0, 0.05) is 13.1 Å². The van der Waals surface area contributed by atoms with E-state index < -0.39 is 0 Å². The lowest BCUT2D eigenvalue weighted by Gasteiger charge is -2.35. The van der Waals surface area contributed by atoms with Crippen LogP contribution in [0.5, 0.6) is 0 Å². The van der Waals surface area contributed by atoms with Gasteiger partial charge in [-0.3, -0.25) is 4.90 Å². The van der Waals surface area contributed by atoms with E-state index in [9.17, 15) is 5.11 Å². The summed E-state index contributed by atoms with van der Waals surface area (Å²) >= 11 is 0. The van der Waals surface area contributed by atoms with Gasteiger partial charge in [-0.1, -0.05) is 44.2 Å². The van der Waals surface area contributed by atoms with Crippen LogP contribution in [-0.2, 0) is 6.54 Å². The second-order valence-electron chi connectivity index (χ2n) is 6.06. The van der Waals surface area contributed by atoms with E-state index in [0.29, 0.717) is 5.92 Å². The fourth-order valence-electron chi connectivity index (χ4n) is 3.16. The quantitative estimate of drug-likeness (QED) is 0.879. The number of aliphatic hydroxyl groups is 1. The third-order valence-electron chi connectivity index (χ3n) is 4.39. The summed E-state index contributed by atoms with van der Waals surface area (Å²) in [6.07, 6.45) is 3.24. The smallest absolute Gasteiger partial charge is 0.0580 e. The second kappa shape index (κ2) is 7.06. The lowest BCUT2D eigenvalue weighted by molar-refractivity contribution is 0.0300. The van der Waals surface area contributed by atoms with Gasteiger partial charge in [0.2, 0.25) is 0 Å². The zero-order chi connectivity index (χ0) is 13.7. The first-order valence-electron chi connectivity index (χ1n) is 7.63. The predicted octanol–water partition coefficient (Wildman–Crippen LogP) is 3.31. The summed E-state index contributed by atoms with van der Waals surface area (Å²) in [6.45, 7) is 7.59. The molecule has 3 atom stereocenters. The van der Waals surface area contributed by atoms with Crippen molar-refractivity contribution in [1.82, 2.24) is 4.90 Å². The van der Waals surface area contributed by atoms with Gasteiger partial charge >= 0.3 is 0 Å². The van der Waals surface area contributed by atoms with E-state index in [4.69, 9.17) is 0 Å². The first-order valence-corrected chi connectivity index (χ1v) is 7.63. The molecule has 1 N–H and O–H groups in total. The second-order valence-corrected chi connectivity index (χ2v) is 6.06. The van der Waals surface area contributed by atoms with Gasteiger partial charge in [-0.05, 0) is 43.2 Å². The monoisotopic (exact) mass is 261 g/mol. The van der Waals surface area contributed by atoms with Crippen LogP contribution in [0.2, 0.25) is 0 Å². The minimum absolute atomic E-state index is 0.0963. The van der Waals surface area contributed by atoms with Gasteiger partial charge in [-0.25, -0.2) is 0 Å². The van der Waals surface area contributed by atoms with Gasteiger partial charge in [0.05, 0.1) is 6.10 Å². The molecule has 0 saturated heterocycles. The number of hydrogen-bond acceptors (Lipinski definition) is 2. The maximum atomic E-state index is 10.2. The van der Waals surface area contributed by atoms with Crippen molar-refractivity contribution < 1.29 is 5.11 Å². The van der Waals surface area contributed by atoms with Crippen molar-refractivity contribution >= 4 is 0 Å². The van der Waals surface area contributed by atoms with E-state index in [1.807, 2.05) is 0 Å². The molecule has 1 aliphatic carbocycles. The van der Waals surface area contributed by atoms with Gasteiger partial charge in [0.15, 0.2) is 0 Å². The van der Waals surface area contributed by atoms with Crippen LogP contribution in [0.1, 0.15) is 38.7 Å². The largest absolute Gasteiger partial charge is 0.393 e. The van der Waals surface area contributed by atoms with Crippen molar-refractivity contribution in [2.75, 3.05) is 13.1 Å². The van der Waals surface area contributed by atoms with Crippen molar-refractivity contribution in [3.8, 4) is 0 Å². The molecule has 0 aromatic heterocycles. The Morgan fingerprint density at radius 1 is 1.21 bits per heavy atom. The number of aliphatic hydroxyl groups excluding tert-OH is 1. The van der Waals surface area contributed by atoms with Crippen LogP contribution in [0.4, 0.5) is 0 Å². The normalized spacial score (nSPS) is 27.7. The molecule has 2 rings (SSSR count). The summed E-state index contributed by atoms with van der Waals surface area (Å²) < 4.78 is 0. The van der Waals surface area contributed by atoms with E-state index in [1.54, 1.807) is 0 Å². The van der Waals surface area contributed by atoms with Crippen molar-refractivity contribution in [3.63, 3.8) is 0 Å². The predicted molar refractivity (Wildman–Crippen MR) is 79.9 cm³/mol. The van der Waals surface area contributed by atoms with Crippen LogP contribution < -0.4 is 0 Å². The topological polar surface area (TPSA) is 23.5 Å². The molecule has 0 spiro atoms. The van der Waals surface area contributed by atoms with Gasteiger partial charge in [-0.15, -0.1) is 0 Å². The Hall–Kier alpha value is -0.860. The van der Waals surface area contributed by atoms with E-state index in [2.05, 4.69) is 49.1 Å². The van der Waals surface area contributed by atoms with Crippen LogP contribution in [0.25, 0.3) is 0 Å². The number of nitrogens with zero attached hydrogens (tertiary/aromatic N) is 1. The maximum Gasteiger partial charge on any atom is 0.0580 e. The maximum absolute atomic E-state index is 10.2. The molecular weight excluding hydrogens is 234 g/mol. The molecule has 1 aromatic carbocycles. The van der Waals surface area contributed by atoms with Crippen molar-refractivity contribution in [3.05, 3.63) is 35.9 Å². The Morgan fingerprint density at radius 3 is 2.63 bits per heavy atom. The van der Waals surface area contributed by atoms with Crippen molar-refractivity contribution in [2.24, 2.45) is 11.8 Å². The summed E-state index contributed by atoms with van der Waals surface area (Å²) in [5.74, 6) is 1.22. The van der Waals surface area contributed by atoms with Crippen molar-refractivity contribution in [1.29, 1.82) is 0 Å². The molecule has 19 heavy (non-hydrogen) atoms. The molecule has 0 aliphatic heterocycles. The van der Waals surface area contributed by atoms with E-state index >= 15 is 0 Å². The Bertz CT molecular complexity index is 365. The van der Waals surface area contributed by atoms with Gasteiger partial charge < -0.3 is 5.11 Å². The molecule has 1 aromatic rings. The fraction of sp³-hybridized carbons (Fsp3) is 0.647. The Balaban J connectivity index is 1.91. The summed E-state index contributed by atoms with van der Waals surface area (Å²) in [5, 5.41) is 10.2. The van der Waals surface area contributed by atoms with Crippen LogP contribution >= 0.6 is 0 Å². The molecule has 3 unspecified atom stereocenters. The summed E-state index contributed by atoms with van der Waals surface area (Å²) in [4.78, 5) is 2.46. The third-order valence-corrected chi connectivity index (χ3v) is 4.39. The molecule has 2 heteroatoms. The molecular formula is C17H27NO. The average Bonchev–Trinajstić information content (AvgIpc) is 2.43. The number of rotatable bonds is 5. The minimum Gasteiger partial charge on any atom is -0.393 e. The molecule has 1 fully saturated rings. The summed E-state index contributed by atoms with van der Waals surface area (Å²) in [5.41, 5.74) is 1.36. The highest BCUT2D eigenvalue weighted by Crippen LogP contribution is 2.29. The Kier molecular flexibility index (Phi) is 5.41. The highest BCUT2D eigenvalue weighted by atomic mass is 16.3. The molecule has 2 nitrogen and oxygen atoms in total. The standard InChI is InChI=1S/C17H27NO/c1-3-18(12-15-7-5-4-6-8-15)13-16-11-14(2)9-10-17(16)19/h4-8,14,16-17,19H,3,9-13H2,1-2H3. The Labute approximate surface area is 117 Å². The van der Waals surface area contributed by atoms with Crippen LogP contribution in [-0.4, -0.2) is 29.2 Å². The van der Waals surface area contributed by atoms with Crippen LogP contribution in [0, 0.1) is 11.8 Å². The Morgan fingerprint density at radius 2 is 1.95 bits per heavy atom. The van der Waals surface area contributed by atoms with Crippen LogP contribution in [0.15, 0.2) is 30.3 Å². The fourth-order valence-corrected chi connectivity index (χ4v) is 3.16. The first kappa shape index (κ1) is 14.5. The highest BCUT2D eigenvalue weighted by Gasteiger charge is 2.28. The van der Waals surface area contributed by atoms with Gasteiger partial charge in [-0.2, -0.15) is 0 Å². The molecule has 0 heterocycles. The molecule has 1 saturated carbocycles. The summed E-state index contributed by atoms with van der Waals surface area (Å²) in [7, 11) is 0. The molecule has 1 aliphatic rings. The van der Waals surface area contributed by atoms with E-state index in [1.165, 1.54) is 18.4 Å². The zero-order valence-corrected chi connectivity index (χ0v) is 12.3. The molecule has 0 bridgehead atoms. The minimum atomic E-state index is -0.0963. The molecule has 0 amide bonds. The molecule has 106 valence electrons. The lowest BCUT2D eigenvalue weighted by Crippen LogP contribution is -2.38. The first-order chi connectivity index (χ1) is 9.19. The van der Waals surface area contributed by atoms with Gasteiger partial charge in [0.1, 0.15) is 0 Å². The van der Waals surface area contributed by atoms with Crippen molar-refractivity contribution in [2.45, 2.75) is 45.8 Å². The van der Waals surface area contributed by atoms with E-state index in [0.717, 1.165) is 32.0 Å². The number of benzene rings is 1. The van der Waals surface area contributed by atoms with E-state index in [-0.39, 0.29) is 6.10 Å². The lowest BCUT2D eigenvalue weighted by atomic mass is 9.80.